The van der Waals surface area contributed by atoms with Gasteiger partial charge in [0.25, 0.3) is 11.1 Å². The number of para-hydroxylation sites is 1. The maximum absolute atomic E-state index is 13.5. The molecule has 4 heterocycles. The summed E-state index contributed by atoms with van der Waals surface area (Å²) in [6.45, 7) is 1.94. The van der Waals surface area contributed by atoms with Crippen LogP contribution in [0.15, 0.2) is 64.8 Å². The Morgan fingerprint density at radius 2 is 1.94 bits per heavy atom. The third-order valence-electron chi connectivity index (χ3n) is 5.14. The van der Waals surface area contributed by atoms with Gasteiger partial charge in [-0.3, -0.25) is 14.2 Å². The van der Waals surface area contributed by atoms with Crippen molar-refractivity contribution in [3.63, 3.8) is 0 Å². The topological polar surface area (TPSA) is 123 Å². The van der Waals surface area contributed by atoms with E-state index in [0.717, 1.165) is 0 Å². The Labute approximate surface area is 185 Å². The number of fused-ring (bicyclic) bond motifs is 2. The highest BCUT2D eigenvalue weighted by Crippen LogP contribution is 2.25. The predicted molar refractivity (Wildman–Crippen MR) is 120 cm³/mol. The molecule has 0 radical (unpaired) electrons. The smallest absolute Gasteiger partial charge is 0.284 e. The largest absolute Gasteiger partial charge is 0.359 e. The second-order valence-corrected chi connectivity index (χ2v) is 7.46. The average Bonchev–Trinajstić information content (AvgIpc) is 3.19. The van der Waals surface area contributed by atoms with E-state index in [1.54, 1.807) is 12.3 Å². The molecule has 11 heteroatoms. The number of H-pyrrole nitrogens is 1. The van der Waals surface area contributed by atoms with Crippen molar-refractivity contribution in [2.24, 2.45) is 0 Å². The number of nitrogens with one attached hydrogen (secondary N) is 2. The third-order valence-corrected chi connectivity index (χ3v) is 5.45. The Bertz CT molecular complexity index is 1550. The van der Waals surface area contributed by atoms with E-state index in [9.17, 15) is 9.59 Å². The fourth-order valence-corrected chi connectivity index (χ4v) is 3.85. The molecule has 1 aromatic carbocycles. The van der Waals surface area contributed by atoms with E-state index < -0.39 is 6.04 Å². The van der Waals surface area contributed by atoms with E-state index in [4.69, 9.17) is 16.7 Å². The van der Waals surface area contributed by atoms with Crippen molar-refractivity contribution >= 4 is 34.0 Å². The Kier molecular flexibility index (Phi) is 4.91. The lowest BCUT2D eigenvalue weighted by molar-refractivity contribution is 0.622. The second-order valence-electron chi connectivity index (χ2n) is 7.05. The van der Waals surface area contributed by atoms with Crippen LogP contribution in [0, 0.1) is 0 Å². The van der Waals surface area contributed by atoms with Crippen molar-refractivity contribution in [3.8, 4) is 5.69 Å². The zero-order chi connectivity index (χ0) is 22.2. The molecule has 32 heavy (non-hydrogen) atoms. The number of anilines is 1. The van der Waals surface area contributed by atoms with E-state index in [0.29, 0.717) is 28.8 Å². The molecule has 0 spiro atoms. The molecule has 5 aromatic rings. The fraction of sp³-hybridized carbons (Fsp3) is 0.143. The summed E-state index contributed by atoms with van der Waals surface area (Å²) in [7, 11) is 0. The summed E-state index contributed by atoms with van der Waals surface area (Å²) in [4.78, 5) is 40.8. The summed E-state index contributed by atoms with van der Waals surface area (Å²) in [5, 5.41) is 8.50. The summed E-state index contributed by atoms with van der Waals surface area (Å²) in [5.74, 6) is 0.742. The molecule has 0 aliphatic heterocycles. The van der Waals surface area contributed by atoms with Gasteiger partial charge in [-0.15, -0.1) is 0 Å². The van der Waals surface area contributed by atoms with Crippen LogP contribution in [0.2, 0.25) is 5.02 Å². The van der Waals surface area contributed by atoms with Crippen molar-refractivity contribution in [2.45, 2.75) is 19.4 Å². The van der Waals surface area contributed by atoms with E-state index in [-0.39, 0.29) is 27.7 Å². The molecule has 10 nitrogen and oxygen atoms in total. The summed E-state index contributed by atoms with van der Waals surface area (Å²) in [5.41, 5.74) is 0.522. The molecule has 4 aromatic heterocycles. The molecule has 1 atom stereocenters. The first-order chi connectivity index (χ1) is 15.6. The SMILES string of the molecule is CCC(Nc1ncnc2nc[nH]c(=O)c12)c1nn2ccc(Cl)c2c(=O)n1-c1ccccc1. The molecule has 0 aliphatic carbocycles. The van der Waals surface area contributed by atoms with E-state index >= 15 is 0 Å². The lowest BCUT2D eigenvalue weighted by atomic mass is 10.2. The number of benzene rings is 1. The highest BCUT2D eigenvalue weighted by molar-refractivity contribution is 6.33. The Balaban J connectivity index is 1.73. The first-order valence-electron chi connectivity index (χ1n) is 9.88. The van der Waals surface area contributed by atoms with Gasteiger partial charge in [-0.25, -0.2) is 19.5 Å². The normalized spacial score (nSPS) is 12.3. The van der Waals surface area contributed by atoms with Crippen LogP contribution in [-0.2, 0) is 0 Å². The van der Waals surface area contributed by atoms with Gasteiger partial charge in [-0.2, -0.15) is 5.10 Å². The Hall–Kier alpha value is -4.05. The Morgan fingerprint density at radius 1 is 1.12 bits per heavy atom. The summed E-state index contributed by atoms with van der Waals surface area (Å²) in [6.07, 6.45) is 4.80. The van der Waals surface area contributed by atoms with Gasteiger partial charge < -0.3 is 10.3 Å². The van der Waals surface area contributed by atoms with Crippen molar-refractivity contribution in [2.75, 3.05) is 5.32 Å². The van der Waals surface area contributed by atoms with E-state index in [1.165, 1.54) is 21.7 Å². The number of rotatable bonds is 5. The van der Waals surface area contributed by atoms with E-state index in [2.05, 4.69) is 25.3 Å². The zero-order valence-electron chi connectivity index (χ0n) is 16.9. The standard InChI is InChI=1S/C21H17ClN8O2/c1-2-14(27-18-15-17(23-10-25-18)24-11-26-20(15)31)19-28-29-9-8-13(22)16(29)21(32)30(19)12-6-4-3-5-7-12/h3-11,14H,2H2,1H3,(H2,23,24,25,26,27,31). The quantitative estimate of drug-likeness (QED) is 0.423. The van der Waals surface area contributed by atoms with Crippen LogP contribution in [0.4, 0.5) is 5.82 Å². The average molecular weight is 449 g/mol. The predicted octanol–water partition coefficient (Wildman–Crippen LogP) is 2.73. The van der Waals surface area contributed by atoms with Gasteiger partial charge >= 0.3 is 0 Å². The van der Waals surface area contributed by atoms with Gasteiger partial charge in [-0.1, -0.05) is 36.7 Å². The molecule has 160 valence electrons. The maximum Gasteiger partial charge on any atom is 0.284 e. The molecule has 0 saturated heterocycles. The van der Waals surface area contributed by atoms with Crippen molar-refractivity contribution in [1.29, 1.82) is 0 Å². The molecule has 5 rings (SSSR count). The number of hydrogen-bond acceptors (Lipinski definition) is 7. The van der Waals surface area contributed by atoms with Crippen LogP contribution in [0.5, 0.6) is 0 Å². The molecular formula is C21H17ClN8O2. The maximum atomic E-state index is 13.5. The molecule has 0 saturated carbocycles. The number of aromatic nitrogens is 7. The second kappa shape index (κ2) is 7.89. The number of nitrogens with zero attached hydrogens (tertiary/aromatic N) is 6. The van der Waals surface area contributed by atoms with Gasteiger partial charge in [0.1, 0.15) is 23.0 Å². The van der Waals surface area contributed by atoms with Crippen molar-refractivity contribution in [3.05, 3.63) is 86.8 Å². The van der Waals surface area contributed by atoms with Crippen LogP contribution in [0.1, 0.15) is 25.2 Å². The fourth-order valence-electron chi connectivity index (χ4n) is 3.63. The molecule has 1 unspecified atom stereocenters. The number of aromatic amines is 1. The highest BCUT2D eigenvalue weighted by Gasteiger charge is 2.23. The van der Waals surface area contributed by atoms with Gasteiger partial charge in [0.2, 0.25) is 0 Å². The van der Waals surface area contributed by atoms with Gasteiger partial charge in [-0.05, 0) is 24.6 Å². The minimum atomic E-state index is -0.466. The minimum absolute atomic E-state index is 0.229. The van der Waals surface area contributed by atoms with Crippen LogP contribution in [0.3, 0.4) is 0 Å². The van der Waals surface area contributed by atoms with Crippen molar-refractivity contribution < 1.29 is 0 Å². The molecular weight excluding hydrogens is 432 g/mol. The van der Waals surface area contributed by atoms with E-state index in [1.807, 2.05) is 37.3 Å². The summed E-state index contributed by atoms with van der Waals surface area (Å²) in [6, 6.07) is 10.3. The highest BCUT2D eigenvalue weighted by atomic mass is 35.5. The van der Waals surface area contributed by atoms with Crippen molar-refractivity contribution in [1.82, 2.24) is 34.1 Å². The molecule has 0 aliphatic rings. The Morgan fingerprint density at radius 3 is 2.72 bits per heavy atom. The zero-order valence-corrected chi connectivity index (χ0v) is 17.6. The van der Waals surface area contributed by atoms with Gasteiger partial charge in [0, 0.05) is 6.20 Å². The van der Waals surface area contributed by atoms with Gasteiger partial charge in [0.15, 0.2) is 11.5 Å². The number of hydrogen-bond donors (Lipinski definition) is 2. The lowest BCUT2D eigenvalue weighted by Crippen LogP contribution is -2.30. The molecule has 0 bridgehead atoms. The van der Waals surface area contributed by atoms with Crippen LogP contribution < -0.4 is 16.4 Å². The van der Waals surface area contributed by atoms with Gasteiger partial charge in [0.05, 0.1) is 23.1 Å². The first kappa shape index (κ1) is 19.9. The molecule has 0 fully saturated rings. The summed E-state index contributed by atoms with van der Waals surface area (Å²) >= 11 is 6.26. The molecule has 0 amide bonds. The number of halogens is 1. The molecule has 2 N–H and O–H groups in total. The van der Waals surface area contributed by atoms with Crippen LogP contribution >= 0.6 is 11.6 Å². The summed E-state index contributed by atoms with van der Waals surface area (Å²) < 4.78 is 2.99. The lowest BCUT2D eigenvalue weighted by Gasteiger charge is -2.22. The monoisotopic (exact) mass is 448 g/mol. The first-order valence-corrected chi connectivity index (χ1v) is 10.3. The van der Waals surface area contributed by atoms with Crippen LogP contribution in [0.25, 0.3) is 22.2 Å². The third kappa shape index (κ3) is 3.21. The van der Waals surface area contributed by atoms with Crippen LogP contribution in [-0.4, -0.2) is 34.1 Å². The minimum Gasteiger partial charge on any atom is -0.359 e.